The molecule has 0 atom stereocenters. The number of alkyl halides is 3. The van der Waals surface area contributed by atoms with Crippen molar-refractivity contribution >= 4 is 16.0 Å². The Balaban J connectivity index is 0.000000339. The van der Waals surface area contributed by atoms with Gasteiger partial charge in [0.05, 0.1) is 6.61 Å². The van der Waals surface area contributed by atoms with Gasteiger partial charge in [-0.15, -0.1) is 0 Å². The summed E-state index contributed by atoms with van der Waals surface area (Å²) in [6, 6.07) is 6.99. The Morgan fingerprint density at radius 2 is 1.81 bits per heavy atom. The number of rotatable bonds is 2. The second-order valence-electron chi connectivity index (χ2n) is 8.54. The van der Waals surface area contributed by atoms with E-state index in [1.807, 2.05) is 6.07 Å². The number of ether oxygens (including phenoxy) is 1. The molecule has 7 nitrogen and oxygen atoms in total. The van der Waals surface area contributed by atoms with Crippen molar-refractivity contribution in [2.24, 2.45) is 11.3 Å². The highest BCUT2D eigenvalue weighted by molar-refractivity contribution is 7.89. The number of hydrogen-bond donors (Lipinski definition) is 1. The molecular weight excluding hydrogens is 437 g/mol. The van der Waals surface area contributed by atoms with Crippen LogP contribution in [0.4, 0.5) is 13.2 Å². The smallest absolute Gasteiger partial charge is 0.490 e. The zero-order valence-electron chi connectivity index (χ0n) is 17.3. The molecule has 1 N–H and O–H groups in total. The van der Waals surface area contributed by atoms with Gasteiger partial charge in [-0.3, -0.25) is 0 Å². The summed E-state index contributed by atoms with van der Waals surface area (Å²) in [5.74, 6) is -1.36. The third-order valence-electron chi connectivity index (χ3n) is 6.00. The first-order valence-corrected chi connectivity index (χ1v) is 11.6. The summed E-state index contributed by atoms with van der Waals surface area (Å²) >= 11 is 0. The summed E-state index contributed by atoms with van der Waals surface area (Å²) in [6.07, 6.45) is -0.325. The zero-order chi connectivity index (χ0) is 22.9. The van der Waals surface area contributed by atoms with E-state index in [1.54, 1.807) is 25.2 Å². The highest BCUT2D eigenvalue weighted by atomic mass is 32.2. The number of carboxylic acid groups (broad SMARTS) is 1. The first-order valence-electron chi connectivity index (χ1n) is 10.1. The van der Waals surface area contributed by atoms with Gasteiger partial charge >= 0.3 is 12.1 Å². The molecule has 2 fully saturated rings. The molecule has 11 heteroatoms. The molecular formula is C20H27F3N2O5S. The quantitative estimate of drug-likeness (QED) is 0.724. The zero-order valence-corrected chi connectivity index (χ0v) is 18.1. The average molecular weight is 465 g/mol. The molecule has 0 aromatic heterocycles. The summed E-state index contributed by atoms with van der Waals surface area (Å²) in [4.78, 5) is 11.7. The maximum absolute atomic E-state index is 12.9. The van der Waals surface area contributed by atoms with Gasteiger partial charge in [0, 0.05) is 25.6 Å². The number of likely N-dealkylation sites (tertiary alicyclic amines) is 1. The summed E-state index contributed by atoms with van der Waals surface area (Å²) < 4.78 is 65.0. The number of fused-ring (bicyclic) bond motifs is 1. The maximum Gasteiger partial charge on any atom is 0.490 e. The van der Waals surface area contributed by atoms with Crippen LogP contribution < -0.4 is 4.74 Å². The Bertz CT molecular complexity index is 894. The highest BCUT2D eigenvalue weighted by Crippen LogP contribution is 2.39. The second kappa shape index (κ2) is 8.95. The minimum atomic E-state index is -5.08. The van der Waals surface area contributed by atoms with Crippen LogP contribution in [0.3, 0.4) is 0 Å². The summed E-state index contributed by atoms with van der Waals surface area (Å²) in [5.41, 5.74) is -0.0740. The number of hydrogen-bond acceptors (Lipinski definition) is 5. The molecule has 3 aliphatic rings. The summed E-state index contributed by atoms with van der Waals surface area (Å²) in [6.45, 7) is 4.46. The molecule has 0 bridgehead atoms. The van der Waals surface area contributed by atoms with Gasteiger partial charge in [-0.05, 0) is 56.8 Å². The molecule has 1 aromatic rings. The lowest BCUT2D eigenvalue weighted by atomic mass is 9.79. The Morgan fingerprint density at radius 3 is 2.35 bits per heavy atom. The molecule has 1 saturated heterocycles. The predicted octanol–water partition coefficient (Wildman–Crippen LogP) is 2.83. The molecule has 0 unspecified atom stereocenters. The lowest BCUT2D eigenvalue weighted by Crippen LogP contribution is -2.50. The molecule has 4 rings (SSSR count). The number of carbonyl (C=O) groups is 1. The third kappa shape index (κ3) is 5.89. The topological polar surface area (TPSA) is 87.2 Å². The lowest BCUT2D eigenvalue weighted by molar-refractivity contribution is -0.192. The van der Waals surface area contributed by atoms with E-state index in [0.29, 0.717) is 18.9 Å². The number of nitrogens with zero attached hydrogens (tertiary/aromatic N) is 2. The maximum atomic E-state index is 12.9. The van der Waals surface area contributed by atoms with E-state index < -0.39 is 22.2 Å². The van der Waals surface area contributed by atoms with E-state index in [4.69, 9.17) is 14.6 Å². The molecule has 0 radical (unpaired) electrons. The van der Waals surface area contributed by atoms with Crippen LogP contribution in [0.25, 0.3) is 0 Å². The Kier molecular flexibility index (Phi) is 6.87. The number of halogens is 3. The van der Waals surface area contributed by atoms with Crippen LogP contribution in [-0.2, 0) is 14.8 Å². The standard InChI is InChI=1S/C18H26N2O3S.C2HF3O2/c1-19-13-18(8-10-20(11-9-18)12-15-6-7-15)14-23-16-4-2-3-5-17(16)24(19,21)22;3-2(4,5)1(6)7/h2-5,15H,6-14H2,1H3;(H,6,7). The Hall–Kier alpha value is -1.85. The molecule has 0 amide bonds. The Labute approximate surface area is 179 Å². The number of benzene rings is 1. The fourth-order valence-electron chi connectivity index (χ4n) is 3.96. The summed E-state index contributed by atoms with van der Waals surface area (Å²) in [7, 11) is -1.78. The minimum Gasteiger partial charge on any atom is -0.492 e. The predicted molar refractivity (Wildman–Crippen MR) is 106 cm³/mol. The van der Waals surface area contributed by atoms with E-state index >= 15 is 0 Å². The number of para-hydroxylation sites is 1. The van der Waals surface area contributed by atoms with Crippen LogP contribution in [0.1, 0.15) is 25.7 Å². The molecule has 2 aliphatic heterocycles. The van der Waals surface area contributed by atoms with E-state index in [0.717, 1.165) is 31.8 Å². The van der Waals surface area contributed by atoms with Crippen LogP contribution in [0, 0.1) is 11.3 Å². The van der Waals surface area contributed by atoms with E-state index in [-0.39, 0.29) is 10.3 Å². The molecule has 1 aliphatic carbocycles. The van der Waals surface area contributed by atoms with Crippen molar-refractivity contribution < 1.29 is 36.2 Å². The van der Waals surface area contributed by atoms with Crippen LogP contribution >= 0.6 is 0 Å². The number of sulfonamides is 1. The normalized spacial score (nSPS) is 23.5. The van der Waals surface area contributed by atoms with Crippen LogP contribution in [0.2, 0.25) is 0 Å². The van der Waals surface area contributed by atoms with E-state index in [1.165, 1.54) is 23.7 Å². The van der Waals surface area contributed by atoms with Gasteiger partial charge in [0.1, 0.15) is 10.6 Å². The number of aliphatic carboxylic acids is 1. The fourth-order valence-corrected chi connectivity index (χ4v) is 5.37. The SMILES string of the molecule is CN1CC2(CCN(CC3CC3)CC2)COc2ccccc2S1(=O)=O.O=C(O)C(F)(F)F. The lowest BCUT2D eigenvalue weighted by Gasteiger charge is -2.44. The molecule has 31 heavy (non-hydrogen) atoms. The van der Waals surface area contributed by atoms with Crippen molar-refractivity contribution in [3.8, 4) is 5.75 Å². The van der Waals surface area contributed by atoms with Crippen molar-refractivity contribution in [3.05, 3.63) is 24.3 Å². The molecule has 2 heterocycles. The van der Waals surface area contributed by atoms with Crippen molar-refractivity contribution in [2.75, 3.05) is 39.8 Å². The second-order valence-corrected chi connectivity index (χ2v) is 10.6. The highest BCUT2D eigenvalue weighted by Gasteiger charge is 2.42. The molecule has 174 valence electrons. The average Bonchev–Trinajstić information content (AvgIpc) is 3.51. The minimum absolute atomic E-state index is 0.0740. The van der Waals surface area contributed by atoms with Gasteiger partial charge in [-0.25, -0.2) is 17.5 Å². The van der Waals surface area contributed by atoms with Crippen LogP contribution in [0.15, 0.2) is 29.2 Å². The van der Waals surface area contributed by atoms with Gasteiger partial charge in [-0.1, -0.05) is 12.1 Å². The molecule has 1 aromatic carbocycles. The van der Waals surface area contributed by atoms with E-state index in [9.17, 15) is 21.6 Å². The molecule has 1 saturated carbocycles. The van der Waals surface area contributed by atoms with Crippen LogP contribution in [0.5, 0.6) is 5.75 Å². The molecule has 1 spiro atoms. The van der Waals surface area contributed by atoms with Crippen molar-refractivity contribution in [2.45, 2.75) is 36.8 Å². The van der Waals surface area contributed by atoms with Crippen molar-refractivity contribution in [1.82, 2.24) is 9.21 Å². The van der Waals surface area contributed by atoms with E-state index in [2.05, 4.69) is 4.90 Å². The summed E-state index contributed by atoms with van der Waals surface area (Å²) in [5, 5.41) is 7.12. The fraction of sp³-hybridized carbons (Fsp3) is 0.650. The van der Waals surface area contributed by atoms with Gasteiger partial charge in [0.15, 0.2) is 0 Å². The van der Waals surface area contributed by atoms with Gasteiger partial charge < -0.3 is 14.7 Å². The largest absolute Gasteiger partial charge is 0.492 e. The van der Waals surface area contributed by atoms with Crippen molar-refractivity contribution in [1.29, 1.82) is 0 Å². The third-order valence-corrected chi connectivity index (χ3v) is 7.84. The van der Waals surface area contributed by atoms with Gasteiger partial charge in [-0.2, -0.15) is 13.2 Å². The Morgan fingerprint density at radius 1 is 1.23 bits per heavy atom. The monoisotopic (exact) mass is 464 g/mol. The van der Waals surface area contributed by atoms with Crippen molar-refractivity contribution in [3.63, 3.8) is 0 Å². The number of carboxylic acids is 1. The first kappa shape index (κ1) is 23.8. The van der Waals surface area contributed by atoms with Crippen LogP contribution in [-0.4, -0.2) is 74.7 Å². The van der Waals surface area contributed by atoms with Gasteiger partial charge in [0.2, 0.25) is 10.0 Å². The number of piperidine rings is 1. The first-order chi connectivity index (χ1) is 14.4. The van der Waals surface area contributed by atoms with Gasteiger partial charge in [0.25, 0.3) is 0 Å².